The molecule has 0 saturated heterocycles. The van der Waals surface area contributed by atoms with Gasteiger partial charge >= 0.3 is 29.1 Å². The van der Waals surface area contributed by atoms with Crippen LogP contribution in [0.25, 0.3) is 0 Å². The molecule has 2 aromatic rings. The molecule has 0 fully saturated rings. The van der Waals surface area contributed by atoms with Crippen LogP contribution in [-0.4, -0.2) is 87.9 Å². The summed E-state index contributed by atoms with van der Waals surface area (Å²) in [6, 6.07) is 11.7. The van der Waals surface area contributed by atoms with Crippen molar-refractivity contribution in [2.24, 2.45) is 0 Å². The third-order valence-electron chi connectivity index (χ3n) is 8.19. The number of nitrogens with zero attached hydrogens (tertiary/aromatic N) is 2. The first kappa shape index (κ1) is 42.0. The van der Waals surface area contributed by atoms with E-state index in [1.807, 2.05) is 125 Å². The smallest absolute Gasteiger partial charge is 0.392 e. The third kappa shape index (κ3) is 13.3. The Hall–Kier alpha value is -2.79. The van der Waals surface area contributed by atoms with E-state index in [1.165, 1.54) is 0 Å². The minimum atomic E-state index is -2.40. The first-order valence-corrected chi connectivity index (χ1v) is 23.9. The van der Waals surface area contributed by atoms with E-state index in [0.29, 0.717) is 32.8 Å². The normalized spacial score (nSPS) is 17.4. The molecule has 2 aromatic carbocycles. The Morgan fingerprint density at radius 1 is 0.692 bits per heavy atom. The summed E-state index contributed by atoms with van der Waals surface area (Å²) < 4.78 is 43.3. The molecule has 0 aliphatic carbocycles. The maximum Gasteiger partial charge on any atom is 0.392 e. The molecule has 290 valence electrons. The van der Waals surface area contributed by atoms with Gasteiger partial charge in [-0.1, -0.05) is 36.4 Å². The van der Waals surface area contributed by atoms with E-state index in [2.05, 4.69) is 9.80 Å². The lowest BCUT2D eigenvalue weighted by Crippen LogP contribution is -2.51. The van der Waals surface area contributed by atoms with E-state index < -0.39 is 33.9 Å². The molecule has 0 N–H and O–H groups in total. The highest BCUT2D eigenvalue weighted by atomic mass is 28.4. The zero-order valence-electron chi connectivity index (χ0n) is 33.8. The number of esters is 2. The van der Waals surface area contributed by atoms with Gasteiger partial charge in [-0.3, -0.25) is 19.4 Å². The average Bonchev–Trinajstić information content (AvgIpc) is 2.96. The summed E-state index contributed by atoms with van der Waals surface area (Å²) in [7, 11) is -4.78. The number of carbonyl (C=O) groups is 2. The van der Waals surface area contributed by atoms with E-state index in [9.17, 15) is 9.59 Å². The fourth-order valence-electron chi connectivity index (χ4n) is 6.04. The molecule has 2 aliphatic rings. The van der Waals surface area contributed by atoms with Gasteiger partial charge in [0, 0.05) is 47.9 Å². The van der Waals surface area contributed by atoms with Crippen molar-refractivity contribution in [1.82, 2.24) is 9.80 Å². The molecule has 4 rings (SSSR count). The molecule has 13 heteroatoms. The topological polar surface area (TPSA) is 105 Å². The van der Waals surface area contributed by atoms with Crippen LogP contribution in [0.2, 0.25) is 26.2 Å². The zero-order valence-corrected chi connectivity index (χ0v) is 35.8. The van der Waals surface area contributed by atoms with Crippen LogP contribution in [-0.2, 0) is 59.0 Å². The molecule has 2 heterocycles. The predicted molar refractivity (Wildman–Crippen MR) is 206 cm³/mol. The Balaban J connectivity index is 1.76. The van der Waals surface area contributed by atoms with Gasteiger partial charge in [-0.05, 0) is 88.5 Å². The van der Waals surface area contributed by atoms with E-state index in [1.54, 1.807) is 0 Å². The van der Waals surface area contributed by atoms with Crippen molar-refractivity contribution in [2.45, 2.75) is 138 Å². The van der Waals surface area contributed by atoms with E-state index in [0.717, 1.165) is 33.8 Å². The standard InChI is InChI=1S/C39H62N2O9Si2/c1-37(2,3)44-27-32(41(24-34(43)48-39(7,8)9)21-29-17-15-19-31-26-46-52(12,13)50-36(29)31)22-40(23-33(42)47-38(4,5)6)20-28-16-14-18-30-25-45-51(10,11)49-35(28)30/h14-19,32H,20-27H2,1-13H3. The summed E-state index contributed by atoms with van der Waals surface area (Å²) in [5.41, 5.74) is 2.06. The summed E-state index contributed by atoms with van der Waals surface area (Å²) in [5, 5.41) is 0. The SMILES string of the molecule is CC(C)(C)OCC(CN(CC(=O)OC(C)(C)C)Cc1cccc2c1O[Si](C)(C)OC2)N(CC(=O)OC(C)(C)C)Cc1cccc2c1O[Si](C)(C)OC2. The Bertz CT molecular complexity index is 1560. The molecular formula is C39H62N2O9Si2. The second-order valence-corrected chi connectivity index (χ2v) is 24.3. The molecule has 1 atom stereocenters. The number of hydrogen-bond acceptors (Lipinski definition) is 11. The quantitative estimate of drug-likeness (QED) is 0.155. The van der Waals surface area contributed by atoms with Crippen molar-refractivity contribution in [3.8, 4) is 11.5 Å². The highest BCUT2D eigenvalue weighted by molar-refractivity contribution is 6.65. The number of rotatable bonds is 13. The maximum atomic E-state index is 13.6. The first-order chi connectivity index (χ1) is 23.9. The van der Waals surface area contributed by atoms with Crippen molar-refractivity contribution >= 4 is 29.1 Å². The largest absolute Gasteiger partial charge is 0.520 e. The Kier molecular flexibility index (Phi) is 13.1. The van der Waals surface area contributed by atoms with Crippen molar-refractivity contribution in [3.63, 3.8) is 0 Å². The summed E-state index contributed by atoms with van der Waals surface area (Å²) in [4.78, 5) is 31.3. The van der Waals surface area contributed by atoms with Gasteiger partial charge in [-0.2, -0.15) is 0 Å². The first-order valence-electron chi connectivity index (χ1n) is 18.3. The van der Waals surface area contributed by atoms with Crippen LogP contribution >= 0.6 is 0 Å². The lowest BCUT2D eigenvalue weighted by atomic mass is 10.1. The second kappa shape index (κ2) is 16.3. The lowest BCUT2D eigenvalue weighted by molar-refractivity contribution is -0.160. The summed E-state index contributed by atoms with van der Waals surface area (Å²) in [6.45, 7) is 27.8. The highest BCUT2D eigenvalue weighted by Gasteiger charge is 2.37. The van der Waals surface area contributed by atoms with Crippen molar-refractivity contribution in [2.75, 3.05) is 26.2 Å². The second-order valence-electron chi connectivity index (χ2n) is 17.7. The minimum Gasteiger partial charge on any atom is -0.520 e. The lowest BCUT2D eigenvalue weighted by Gasteiger charge is -2.38. The number of fused-ring (bicyclic) bond motifs is 2. The molecule has 11 nitrogen and oxygen atoms in total. The van der Waals surface area contributed by atoms with E-state index >= 15 is 0 Å². The van der Waals surface area contributed by atoms with E-state index in [-0.39, 0.29) is 37.7 Å². The van der Waals surface area contributed by atoms with E-state index in [4.69, 9.17) is 31.9 Å². The molecular weight excluding hydrogens is 697 g/mol. The third-order valence-corrected chi connectivity index (χ3v) is 11.3. The predicted octanol–water partition coefficient (Wildman–Crippen LogP) is 7.08. The van der Waals surface area contributed by atoms with Gasteiger partial charge in [-0.15, -0.1) is 0 Å². The number of hydrogen-bond donors (Lipinski definition) is 0. The van der Waals surface area contributed by atoms with Gasteiger partial charge in [0.15, 0.2) is 0 Å². The number of carbonyl (C=O) groups excluding carboxylic acids is 2. The highest BCUT2D eigenvalue weighted by Crippen LogP contribution is 2.35. The van der Waals surface area contributed by atoms with Crippen molar-refractivity contribution in [3.05, 3.63) is 58.7 Å². The van der Waals surface area contributed by atoms with Crippen LogP contribution in [0, 0.1) is 0 Å². The molecule has 2 aliphatic heterocycles. The summed E-state index contributed by atoms with van der Waals surface area (Å²) >= 11 is 0. The monoisotopic (exact) mass is 758 g/mol. The fourth-order valence-corrected chi connectivity index (χ4v) is 8.67. The van der Waals surface area contributed by atoms with Gasteiger partial charge in [0.05, 0.1) is 38.5 Å². The molecule has 0 radical (unpaired) electrons. The minimum absolute atomic E-state index is 0.00230. The number of para-hydroxylation sites is 2. The van der Waals surface area contributed by atoms with Gasteiger partial charge < -0.3 is 31.9 Å². The van der Waals surface area contributed by atoms with Crippen LogP contribution in [0.1, 0.15) is 84.6 Å². The van der Waals surface area contributed by atoms with Crippen molar-refractivity contribution < 1.29 is 41.5 Å². The molecule has 0 aromatic heterocycles. The van der Waals surface area contributed by atoms with Gasteiger partial charge in [0.25, 0.3) is 0 Å². The molecule has 0 amide bonds. The molecule has 0 bridgehead atoms. The van der Waals surface area contributed by atoms with Crippen LogP contribution < -0.4 is 8.85 Å². The Morgan fingerprint density at radius 3 is 1.62 bits per heavy atom. The molecule has 1 unspecified atom stereocenters. The number of ether oxygens (including phenoxy) is 3. The Morgan fingerprint density at radius 2 is 1.15 bits per heavy atom. The molecule has 52 heavy (non-hydrogen) atoms. The van der Waals surface area contributed by atoms with Crippen LogP contribution in [0.5, 0.6) is 11.5 Å². The summed E-state index contributed by atoms with van der Waals surface area (Å²) in [5.74, 6) is 0.925. The fraction of sp³-hybridized carbons (Fsp3) is 0.641. The Labute approximate surface area is 313 Å². The maximum absolute atomic E-state index is 13.6. The van der Waals surface area contributed by atoms with Gasteiger partial charge in [-0.25, -0.2) is 0 Å². The summed E-state index contributed by atoms with van der Waals surface area (Å²) in [6.07, 6.45) is 0. The van der Waals surface area contributed by atoms with Crippen LogP contribution in [0.3, 0.4) is 0 Å². The van der Waals surface area contributed by atoms with Crippen molar-refractivity contribution in [1.29, 1.82) is 0 Å². The molecule has 0 spiro atoms. The number of benzene rings is 2. The van der Waals surface area contributed by atoms with Crippen LogP contribution in [0.4, 0.5) is 0 Å². The average molecular weight is 759 g/mol. The van der Waals surface area contributed by atoms with Gasteiger partial charge in [0.2, 0.25) is 0 Å². The van der Waals surface area contributed by atoms with Crippen LogP contribution in [0.15, 0.2) is 36.4 Å². The van der Waals surface area contributed by atoms with Gasteiger partial charge in [0.1, 0.15) is 22.7 Å². The zero-order chi connectivity index (χ0) is 38.7. The molecule has 0 saturated carbocycles.